The first-order valence-corrected chi connectivity index (χ1v) is 7.41. The third kappa shape index (κ3) is 3.65. The molecular formula is C10H18N2O4S. The smallest absolute Gasteiger partial charge is 0.321 e. The maximum atomic E-state index is 12.0. The van der Waals surface area contributed by atoms with Crippen LogP contribution in [-0.2, 0) is 19.7 Å². The summed E-state index contributed by atoms with van der Waals surface area (Å²) in [7, 11) is -3.53. The normalized spacial score (nSPS) is 20.6. The summed E-state index contributed by atoms with van der Waals surface area (Å²) in [5.74, 6) is -0.486. The molecule has 2 aliphatic rings. The van der Waals surface area contributed by atoms with Gasteiger partial charge in [-0.25, -0.2) is 0 Å². The first-order chi connectivity index (χ1) is 8.03. The van der Waals surface area contributed by atoms with Crippen LogP contribution in [0.2, 0.25) is 0 Å². The van der Waals surface area contributed by atoms with Gasteiger partial charge in [0, 0.05) is 12.1 Å². The lowest BCUT2D eigenvalue weighted by molar-refractivity contribution is -0.143. The third-order valence-electron chi connectivity index (χ3n) is 2.75. The van der Waals surface area contributed by atoms with E-state index in [4.69, 9.17) is 4.74 Å². The molecule has 0 aromatic heterocycles. The van der Waals surface area contributed by atoms with Gasteiger partial charge in [-0.3, -0.25) is 4.79 Å². The second-order valence-electron chi connectivity index (χ2n) is 4.48. The lowest BCUT2D eigenvalue weighted by atomic mass is 10.6. The van der Waals surface area contributed by atoms with Gasteiger partial charge in [-0.1, -0.05) is 0 Å². The van der Waals surface area contributed by atoms with Crippen molar-refractivity contribution in [2.24, 2.45) is 0 Å². The molecule has 1 N–H and O–H groups in total. The van der Waals surface area contributed by atoms with Crippen molar-refractivity contribution < 1.29 is 17.9 Å². The molecule has 0 saturated heterocycles. The summed E-state index contributed by atoms with van der Waals surface area (Å²) >= 11 is 0. The molecule has 0 radical (unpaired) electrons. The summed E-state index contributed by atoms with van der Waals surface area (Å²) in [4.78, 5) is 11.4. The van der Waals surface area contributed by atoms with Crippen molar-refractivity contribution in [2.45, 2.75) is 44.7 Å². The van der Waals surface area contributed by atoms with Gasteiger partial charge in [0.15, 0.2) is 0 Å². The van der Waals surface area contributed by atoms with E-state index < -0.39 is 16.2 Å². The monoisotopic (exact) mass is 262 g/mol. The molecule has 2 aliphatic carbocycles. The number of rotatable bonds is 7. The van der Waals surface area contributed by atoms with E-state index in [-0.39, 0.29) is 25.2 Å². The number of nitrogens with one attached hydrogen (secondary N) is 1. The van der Waals surface area contributed by atoms with Crippen LogP contribution < -0.4 is 4.72 Å². The largest absolute Gasteiger partial charge is 0.465 e. The van der Waals surface area contributed by atoms with E-state index in [9.17, 15) is 13.2 Å². The molecule has 0 aromatic rings. The predicted molar refractivity (Wildman–Crippen MR) is 61.4 cm³/mol. The number of hydrogen-bond acceptors (Lipinski definition) is 4. The minimum absolute atomic E-state index is 0.0318. The Kier molecular flexibility index (Phi) is 3.70. The van der Waals surface area contributed by atoms with Crippen molar-refractivity contribution in [3.8, 4) is 0 Å². The Morgan fingerprint density at radius 2 is 2.00 bits per heavy atom. The summed E-state index contributed by atoms with van der Waals surface area (Å²) < 4.78 is 32.6. The zero-order chi connectivity index (χ0) is 12.5. The van der Waals surface area contributed by atoms with Crippen molar-refractivity contribution in [3.63, 3.8) is 0 Å². The maximum absolute atomic E-state index is 12.0. The number of hydrogen-bond donors (Lipinski definition) is 1. The molecule has 0 aliphatic heterocycles. The van der Waals surface area contributed by atoms with Crippen LogP contribution in [0.5, 0.6) is 0 Å². The molecule has 0 bridgehead atoms. The highest BCUT2D eigenvalue weighted by molar-refractivity contribution is 7.87. The third-order valence-corrected chi connectivity index (χ3v) is 4.42. The number of carbonyl (C=O) groups excluding carboxylic acids is 1. The molecule has 2 saturated carbocycles. The fourth-order valence-corrected chi connectivity index (χ4v) is 3.26. The minimum Gasteiger partial charge on any atom is -0.465 e. The van der Waals surface area contributed by atoms with E-state index in [2.05, 4.69) is 4.72 Å². The van der Waals surface area contributed by atoms with Crippen LogP contribution in [-0.4, -0.2) is 43.9 Å². The van der Waals surface area contributed by atoms with Gasteiger partial charge >= 0.3 is 5.97 Å². The van der Waals surface area contributed by atoms with Crippen LogP contribution in [0.25, 0.3) is 0 Å². The van der Waals surface area contributed by atoms with Gasteiger partial charge in [-0.15, -0.1) is 0 Å². The number of nitrogens with zero attached hydrogens (tertiary/aromatic N) is 1. The van der Waals surface area contributed by atoms with Crippen molar-refractivity contribution >= 4 is 16.2 Å². The van der Waals surface area contributed by atoms with E-state index >= 15 is 0 Å². The Balaban J connectivity index is 1.97. The average Bonchev–Trinajstić information content (AvgIpc) is 3.07. The van der Waals surface area contributed by atoms with Crippen LogP contribution in [0, 0.1) is 0 Å². The molecule has 2 rings (SSSR count). The molecule has 0 atom stereocenters. The van der Waals surface area contributed by atoms with Gasteiger partial charge < -0.3 is 4.74 Å². The van der Waals surface area contributed by atoms with Gasteiger partial charge in [0.05, 0.1) is 6.61 Å². The topological polar surface area (TPSA) is 75.7 Å². The second-order valence-corrected chi connectivity index (χ2v) is 6.13. The molecule has 0 spiro atoms. The fourth-order valence-electron chi connectivity index (χ4n) is 1.59. The van der Waals surface area contributed by atoms with Crippen molar-refractivity contribution in [1.82, 2.24) is 9.03 Å². The van der Waals surface area contributed by atoms with Crippen LogP contribution in [0.1, 0.15) is 32.6 Å². The van der Waals surface area contributed by atoms with E-state index in [1.165, 1.54) is 4.31 Å². The summed E-state index contributed by atoms with van der Waals surface area (Å²) in [6.45, 7) is 1.80. The number of esters is 1. The summed E-state index contributed by atoms with van der Waals surface area (Å²) in [5.41, 5.74) is 0. The van der Waals surface area contributed by atoms with E-state index in [0.29, 0.717) is 0 Å². The van der Waals surface area contributed by atoms with Gasteiger partial charge in [0.2, 0.25) is 0 Å². The molecule has 7 heteroatoms. The van der Waals surface area contributed by atoms with Crippen molar-refractivity contribution in [1.29, 1.82) is 0 Å². The molecule has 0 unspecified atom stereocenters. The molecule has 6 nitrogen and oxygen atoms in total. The second kappa shape index (κ2) is 4.91. The summed E-state index contributed by atoms with van der Waals surface area (Å²) in [6.07, 6.45) is 3.42. The number of carbonyl (C=O) groups is 1. The highest BCUT2D eigenvalue weighted by atomic mass is 32.2. The molecular weight excluding hydrogens is 244 g/mol. The molecule has 2 fully saturated rings. The van der Waals surface area contributed by atoms with E-state index in [1.807, 2.05) is 0 Å². The van der Waals surface area contributed by atoms with E-state index in [0.717, 1.165) is 25.7 Å². The highest BCUT2D eigenvalue weighted by Gasteiger charge is 2.40. The SMILES string of the molecule is CCOC(=O)CN(C1CC1)S(=O)(=O)NC1CC1. The quantitative estimate of drug-likeness (QED) is 0.656. The standard InChI is InChI=1S/C10H18N2O4S/c1-2-16-10(13)7-12(9-5-6-9)17(14,15)11-8-3-4-8/h8-9,11H,2-7H2,1H3. The zero-order valence-corrected chi connectivity index (χ0v) is 10.7. The van der Waals surface area contributed by atoms with Crippen LogP contribution in [0.15, 0.2) is 0 Å². The van der Waals surface area contributed by atoms with Crippen molar-refractivity contribution in [2.75, 3.05) is 13.2 Å². The lowest BCUT2D eigenvalue weighted by Gasteiger charge is -2.20. The van der Waals surface area contributed by atoms with Gasteiger partial charge in [-0.05, 0) is 32.6 Å². The van der Waals surface area contributed by atoms with Crippen LogP contribution in [0.3, 0.4) is 0 Å². The van der Waals surface area contributed by atoms with Gasteiger partial charge in [0.1, 0.15) is 6.54 Å². The Hall–Kier alpha value is -0.660. The van der Waals surface area contributed by atoms with Crippen LogP contribution in [0.4, 0.5) is 0 Å². The van der Waals surface area contributed by atoms with Gasteiger partial charge in [0.25, 0.3) is 10.2 Å². The minimum atomic E-state index is -3.53. The first-order valence-electron chi connectivity index (χ1n) is 5.97. The summed E-state index contributed by atoms with van der Waals surface area (Å²) in [6, 6.07) is 0.0269. The molecule has 0 amide bonds. The zero-order valence-electron chi connectivity index (χ0n) is 9.89. The average molecular weight is 262 g/mol. The van der Waals surface area contributed by atoms with Crippen LogP contribution >= 0.6 is 0 Å². The maximum Gasteiger partial charge on any atom is 0.321 e. The Labute approximate surface area is 101 Å². The van der Waals surface area contributed by atoms with E-state index in [1.54, 1.807) is 6.92 Å². The number of ether oxygens (including phenoxy) is 1. The molecule has 17 heavy (non-hydrogen) atoms. The Morgan fingerprint density at radius 3 is 2.47 bits per heavy atom. The Morgan fingerprint density at radius 1 is 1.35 bits per heavy atom. The highest BCUT2D eigenvalue weighted by Crippen LogP contribution is 2.30. The van der Waals surface area contributed by atoms with Crippen molar-refractivity contribution in [3.05, 3.63) is 0 Å². The molecule has 0 heterocycles. The molecule has 98 valence electrons. The van der Waals surface area contributed by atoms with Gasteiger partial charge in [-0.2, -0.15) is 17.4 Å². The summed E-state index contributed by atoms with van der Waals surface area (Å²) in [5, 5.41) is 0. The molecule has 0 aromatic carbocycles. The first kappa shape index (κ1) is 12.8. The predicted octanol–water partition coefficient (Wildman–Crippen LogP) is 0.0107. The lowest BCUT2D eigenvalue weighted by Crippen LogP contribution is -2.45. The Bertz CT molecular complexity index is 387. The fraction of sp³-hybridized carbons (Fsp3) is 0.900.